The monoisotopic (exact) mass is 568 g/mol. The van der Waals surface area contributed by atoms with E-state index in [-0.39, 0.29) is 53.0 Å². The van der Waals surface area contributed by atoms with Crippen molar-refractivity contribution in [2.75, 3.05) is 19.6 Å². The standard InChI is InChI=1S/C31H33F3N4O3/c1-4-20-23(33)7-6-17-10-19(39)11-21(25(17)20)27-26(34)28-22(14-35-27)24(13-30(2,3)40)36-29(37-28)41-16-31-8-5-9-38(31)15-18(32)12-31/h6-7,10-11,14,18,39-40H,4-5,8-9,12-13,15-16H2,1-3H3/t18-,31+/m1/s1/i16D2. The Balaban J connectivity index is 1.54. The van der Waals surface area contributed by atoms with Crippen molar-refractivity contribution in [1.82, 2.24) is 19.9 Å². The van der Waals surface area contributed by atoms with E-state index in [9.17, 15) is 19.0 Å². The van der Waals surface area contributed by atoms with Crippen LogP contribution in [0.1, 0.15) is 54.0 Å². The van der Waals surface area contributed by atoms with E-state index in [1.807, 2.05) is 0 Å². The number of phenols is 1. The number of halogens is 3. The fourth-order valence-corrected chi connectivity index (χ4v) is 6.30. The van der Waals surface area contributed by atoms with Crippen LogP contribution in [0.25, 0.3) is 32.9 Å². The second-order valence-electron chi connectivity index (χ2n) is 11.7. The third kappa shape index (κ3) is 4.97. The number of pyridine rings is 1. The van der Waals surface area contributed by atoms with Crippen LogP contribution < -0.4 is 4.74 Å². The molecule has 4 aromatic rings. The first-order valence-corrected chi connectivity index (χ1v) is 13.8. The van der Waals surface area contributed by atoms with E-state index in [2.05, 4.69) is 15.0 Å². The third-order valence-corrected chi connectivity index (χ3v) is 8.04. The van der Waals surface area contributed by atoms with Gasteiger partial charge in [-0.3, -0.25) is 9.88 Å². The van der Waals surface area contributed by atoms with Crippen molar-refractivity contribution < 1.29 is 30.9 Å². The van der Waals surface area contributed by atoms with Crippen LogP contribution >= 0.6 is 0 Å². The topological polar surface area (TPSA) is 91.6 Å². The van der Waals surface area contributed by atoms with Gasteiger partial charge in [-0.05, 0) is 74.2 Å². The van der Waals surface area contributed by atoms with Gasteiger partial charge in [-0.15, -0.1) is 0 Å². The quantitative estimate of drug-likeness (QED) is 0.297. The number of nitrogens with zero attached hydrogens (tertiary/aromatic N) is 4. The maximum atomic E-state index is 16.5. The van der Waals surface area contributed by atoms with Crippen molar-refractivity contribution in [2.45, 2.75) is 70.2 Å². The SMILES string of the molecule is [2H]C([2H])(Oc1nc(CC(C)(C)O)c2cnc(-c3cc(O)cc4ccc(F)c(CC)c34)c(F)c2n1)[C@@]12CCCN1C[C@H](F)C2. The minimum absolute atomic E-state index is 0.0482. The number of alkyl halides is 1. The molecule has 10 heteroatoms. The highest BCUT2D eigenvalue weighted by Gasteiger charge is 2.49. The summed E-state index contributed by atoms with van der Waals surface area (Å²) in [5.74, 6) is -1.55. The lowest BCUT2D eigenvalue weighted by molar-refractivity contribution is 0.0795. The summed E-state index contributed by atoms with van der Waals surface area (Å²) in [6.45, 7) is 3.10. The summed E-state index contributed by atoms with van der Waals surface area (Å²) < 4.78 is 69.4. The van der Waals surface area contributed by atoms with Gasteiger partial charge in [0.15, 0.2) is 5.82 Å². The van der Waals surface area contributed by atoms with Crippen LogP contribution in [-0.2, 0) is 12.8 Å². The number of aromatic nitrogens is 3. The van der Waals surface area contributed by atoms with Crippen LogP contribution in [0.15, 0.2) is 30.5 Å². The molecule has 2 N–H and O–H groups in total. The Morgan fingerprint density at radius 1 is 1.24 bits per heavy atom. The molecule has 216 valence electrons. The Hall–Kier alpha value is -3.50. The normalized spacial score (nSPS) is 22.3. The van der Waals surface area contributed by atoms with Crippen LogP contribution in [0, 0.1) is 11.6 Å². The minimum Gasteiger partial charge on any atom is -0.508 e. The molecule has 0 radical (unpaired) electrons. The molecule has 0 aliphatic carbocycles. The zero-order valence-electron chi connectivity index (χ0n) is 25.1. The number of benzene rings is 2. The fraction of sp³-hybridized carbons (Fsp3) is 0.452. The van der Waals surface area contributed by atoms with Gasteiger partial charge in [0.2, 0.25) is 0 Å². The molecule has 6 rings (SSSR count). The molecule has 0 amide bonds. The molecule has 0 bridgehead atoms. The highest BCUT2D eigenvalue weighted by molar-refractivity contribution is 6.01. The van der Waals surface area contributed by atoms with Crippen molar-refractivity contribution in [3.05, 3.63) is 53.4 Å². The number of hydrogen-bond acceptors (Lipinski definition) is 7. The van der Waals surface area contributed by atoms with E-state index < -0.39 is 41.5 Å². The molecule has 2 fully saturated rings. The van der Waals surface area contributed by atoms with Crippen molar-refractivity contribution >= 4 is 21.7 Å². The Labute approximate surface area is 238 Å². The lowest BCUT2D eigenvalue weighted by atomic mass is 9.94. The molecule has 0 saturated carbocycles. The van der Waals surface area contributed by atoms with Gasteiger partial charge in [0.05, 0.1) is 19.6 Å². The van der Waals surface area contributed by atoms with E-state index in [0.29, 0.717) is 42.1 Å². The molecular formula is C31H33F3N4O3. The second kappa shape index (κ2) is 10.1. The fourth-order valence-electron chi connectivity index (χ4n) is 6.30. The van der Waals surface area contributed by atoms with E-state index in [4.69, 9.17) is 7.48 Å². The van der Waals surface area contributed by atoms with Crippen LogP contribution in [0.3, 0.4) is 0 Å². The highest BCUT2D eigenvalue weighted by Crippen LogP contribution is 2.41. The number of fused-ring (bicyclic) bond motifs is 3. The molecule has 0 unspecified atom stereocenters. The number of phenolic OH excluding ortho intramolecular Hbond substituents is 1. The Kier molecular flexibility index (Phi) is 6.21. The van der Waals surface area contributed by atoms with E-state index in [0.717, 1.165) is 0 Å². The van der Waals surface area contributed by atoms with Gasteiger partial charge in [0.1, 0.15) is 35.5 Å². The zero-order chi connectivity index (χ0) is 30.9. The largest absolute Gasteiger partial charge is 0.508 e. The van der Waals surface area contributed by atoms with Crippen molar-refractivity contribution in [2.24, 2.45) is 0 Å². The molecule has 2 aromatic heterocycles. The van der Waals surface area contributed by atoms with E-state index in [1.165, 1.54) is 30.5 Å². The van der Waals surface area contributed by atoms with Crippen LogP contribution in [-0.4, -0.2) is 67.0 Å². The first-order chi connectivity index (χ1) is 20.2. The van der Waals surface area contributed by atoms with Crippen molar-refractivity contribution in [1.29, 1.82) is 0 Å². The van der Waals surface area contributed by atoms with Gasteiger partial charge in [-0.25, -0.2) is 13.2 Å². The molecule has 2 aliphatic heterocycles. The summed E-state index contributed by atoms with van der Waals surface area (Å²) in [5.41, 5.74) is -2.28. The predicted octanol–water partition coefficient (Wildman–Crippen LogP) is 5.66. The number of hydrogen-bond donors (Lipinski definition) is 2. The molecule has 2 atom stereocenters. The third-order valence-electron chi connectivity index (χ3n) is 8.04. The molecule has 0 spiro atoms. The first-order valence-electron chi connectivity index (χ1n) is 14.8. The average Bonchev–Trinajstić information content (AvgIpc) is 3.46. The molecular weight excluding hydrogens is 533 g/mol. The first kappa shape index (κ1) is 25.2. The molecule has 2 aliphatic rings. The summed E-state index contributed by atoms with van der Waals surface area (Å²) in [5, 5.41) is 22.1. The lowest BCUT2D eigenvalue weighted by Gasteiger charge is -2.30. The highest BCUT2D eigenvalue weighted by atomic mass is 19.1. The smallest absolute Gasteiger partial charge is 0.317 e. The number of aromatic hydroxyl groups is 1. The van der Waals surface area contributed by atoms with Gasteiger partial charge in [-0.1, -0.05) is 13.0 Å². The molecule has 2 aromatic carbocycles. The summed E-state index contributed by atoms with van der Waals surface area (Å²) >= 11 is 0. The van der Waals surface area contributed by atoms with Crippen molar-refractivity contribution in [3.8, 4) is 23.0 Å². The average molecular weight is 569 g/mol. The Morgan fingerprint density at radius 3 is 2.80 bits per heavy atom. The predicted molar refractivity (Wildman–Crippen MR) is 150 cm³/mol. The van der Waals surface area contributed by atoms with Crippen LogP contribution in [0.5, 0.6) is 11.8 Å². The summed E-state index contributed by atoms with van der Waals surface area (Å²) in [6.07, 6.45) is 1.40. The van der Waals surface area contributed by atoms with E-state index in [1.54, 1.807) is 25.7 Å². The molecule has 41 heavy (non-hydrogen) atoms. The van der Waals surface area contributed by atoms with Gasteiger partial charge in [0.25, 0.3) is 0 Å². The maximum Gasteiger partial charge on any atom is 0.317 e. The number of aryl methyl sites for hydroxylation is 1. The molecule has 2 saturated heterocycles. The minimum atomic E-state index is -2.41. The Morgan fingerprint density at radius 2 is 2.05 bits per heavy atom. The van der Waals surface area contributed by atoms with E-state index >= 15 is 4.39 Å². The van der Waals surface area contributed by atoms with Gasteiger partial charge >= 0.3 is 6.01 Å². The van der Waals surface area contributed by atoms with Gasteiger partial charge in [-0.2, -0.15) is 9.97 Å². The summed E-state index contributed by atoms with van der Waals surface area (Å²) in [4.78, 5) is 14.8. The molecule has 7 nitrogen and oxygen atoms in total. The molecule has 4 heterocycles. The number of rotatable bonds is 7. The summed E-state index contributed by atoms with van der Waals surface area (Å²) in [6, 6.07) is 5.11. The lowest BCUT2D eigenvalue weighted by Crippen LogP contribution is -2.43. The summed E-state index contributed by atoms with van der Waals surface area (Å²) in [7, 11) is 0. The second-order valence-corrected chi connectivity index (χ2v) is 11.7. The van der Waals surface area contributed by atoms with Gasteiger partial charge in [0, 0.05) is 36.5 Å². The van der Waals surface area contributed by atoms with Crippen LogP contribution in [0.4, 0.5) is 13.2 Å². The Bertz CT molecular complexity index is 1750. The van der Waals surface area contributed by atoms with Crippen LogP contribution in [0.2, 0.25) is 0 Å². The number of ether oxygens (including phenoxy) is 1. The number of aliphatic hydroxyl groups is 1. The maximum absolute atomic E-state index is 16.5. The zero-order valence-corrected chi connectivity index (χ0v) is 23.1. The van der Waals surface area contributed by atoms with Gasteiger partial charge < -0.3 is 14.9 Å². The van der Waals surface area contributed by atoms with Crippen molar-refractivity contribution in [3.63, 3.8) is 0 Å².